The van der Waals surface area contributed by atoms with Crippen molar-refractivity contribution in [3.8, 4) is 0 Å². The molecule has 2 aromatic heterocycles. The van der Waals surface area contributed by atoms with Gasteiger partial charge in [-0.15, -0.1) is 0 Å². The maximum absolute atomic E-state index is 13.5. The summed E-state index contributed by atoms with van der Waals surface area (Å²) >= 11 is 0. The summed E-state index contributed by atoms with van der Waals surface area (Å²) in [6.45, 7) is 5.17. The molecular formula is C23H28N6O. The smallest absolute Gasteiger partial charge is 0.229 e. The van der Waals surface area contributed by atoms with E-state index in [0.29, 0.717) is 12.5 Å². The van der Waals surface area contributed by atoms with Crippen LogP contribution in [0.25, 0.3) is 11.0 Å². The Morgan fingerprint density at radius 3 is 2.57 bits per heavy atom. The fraction of sp³-hybridized carbons (Fsp3) is 0.478. The van der Waals surface area contributed by atoms with E-state index < -0.39 is 0 Å². The van der Waals surface area contributed by atoms with E-state index in [9.17, 15) is 4.79 Å². The van der Waals surface area contributed by atoms with Gasteiger partial charge in [0.05, 0.1) is 34.9 Å². The van der Waals surface area contributed by atoms with E-state index in [1.807, 2.05) is 54.0 Å². The summed E-state index contributed by atoms with van der Waals surface area (Å²) < 4.78 is 1.88. The fourth-order valence-electron chi connectivity index (χ4n) is 4.94. The molecule has 7 heteroatoms. The summed E-state index contributed by atoms with van der Waals surface area (Å²) in [5.74, 6) is 1.22. The van der Waals surface area contributed by atoms with Crippen molar-refractivity contribution in [3.63, 3.8) is 0 Å². The van der Waals surface area contributed by atoms with E-state index in [2.05, 4.69) is 21.0 Å². The highest BCUT2D eigenvalue weighted by molar-refractivity contribution is 5.84. The lowest BCUT2D eigenvalue weighted by Crippen LogP contribution is -2.53. The lowest BCUT2D eigenvalue weighted by atomic mass is 9.71. The van der Waals surface area contributed by atoms with E-state index in [-0.39, 0.29) is 5.41 Å². The predicted octanol–water partition coefficient (Wildman–Crippen LogP) is 3.08. The molecule has 0 radical (unpaired) electrons. The molecule has 2 saturated heterocycles. The average Bonchev–Trinajstić information content (AvgIpc) is 3.08. The van der Waals surface area contributed by atoms with Gasteiger partial charge in [0, 0.05) is 32.4 Å². The van der Waals surface area contributed by atoms with Gasteiger partial charge in [0.1, 0.15) is 5.82 Å². The minimum Gasteiger partial charge on any atom is -0.355 e. The van der Waals surface area contributed by atoms with Crippen molar-refractivity contribution in [3.05, 3.63) is 47.9 Å². The number of amides is 1. The van der Waals surface area contributed by atoms with Crippen molar-refractivity contribution in [2.45, 2.75) is 39.2 Å². The summed E-state index contributed by atoms with van der Waals surface area (Å²) in [5, 5.41) is 4.55. The third kappa shape index (κ3) is 3.32. The van der Waals surface area contributed by atoms with Gasteiger partial charge in [-0.25, -0.2) is 4.98 Å². The number of para-hydroxylation sites is 2. The maximum Gasteiger partial charge on any atom is 0.229 e. The molecule has 1 aromatic carbocycles. The Bertz CT molecular complexity index is 1060. The van der Waals surface area contributed by atoms with Crippen LogP contribution in [0.15, 0.2) is 36.5 Å². The average molecular weight is 405 g/mol. The number of piperidine rings is 2. The van der Waals surface area contributed by atoms with Crippen LogP contribution in [0, 0.1) is 12.3 Å². The van der Waals surface area contributed by atoms with Gasteiger partial charge < -0.3 is 9.80 Å². The third-order valence-electron chi connectivity index (χ3n) is 6.82. The van der Waals surface area contributed by atoms with Crippen LogP contribution in [-0.4, -0.2) is 50.2 Å². The van der Waals surface area contributed by atoms with Gasteiger partial charge >= 0.3 is 0 Å². The molecule has 156 valence electrons. The molecule has 0 unspecified atom stereocenters. The van der Waals surface area contributed by atoms with Crippen LogP contribution in [0.3, 0.4) is 0 Å². The van der Waals surface area contributed by atoms with Gasteiger partial charge in [-0.3, -0.25) is 14.5 Å². The Balaban J connectivity index is 1.29. The van der Waals surface area contributed by atoms with E-state index in [0.717, 1.165) is 73.6 Å². The second-order valence-electron chi connectivity index (χ2n) is 8.72. The molecule has 1 spiro atoms. The predicted molar refractivity (Wildman–Crippen MR) is 116 cm³/mol. The van der Waals surface area contributed by atoms with Crippen molar-refractivity contribution in [2.75, 3.05) is 24.5 Å². The number of aromatic nitrogens is 4. The van der Waals surface area contributed by atoms with Crippen molar-refractivity contribution in [1.29, 1.82) is 0 Å². The highest BCUT2D eigenvalue weighted by Gasteiger charge is 2.45. The molecule has 3 aromatic rings. The Hall–Kier alpha value is -2.96. The zero-order chi connectivity index (χ0) is 20.7. The normalized spacial score (nSPS) is 19.1. The highest BCUT2D eigenvalue weighted by atomic mass is 16.2. The molecule has 4 heterocycles. The van der Waals surface area contributed by atoms with E-state index in [1.165, 1.54) is 0 Å². The number of rotatable bonds is 3. The van der Waals surface area contributed by atoms with Gasteiger partial charge in [0.25, 0.3) is 0 Å². The standard InChI is InChI=1S/C23H28N6O/c1-17-14-18(26-27(17)2)16-29-11-5-8-23(22(29)30)9-12-28(13-10-23)21-15-24-19-6-3-4-7-20(19)25-21/h3-4,6-7,14-15H,5,8-13,16H2,1-2H3. The van der Waals surface area contributed by atoms with Gasteiger partial charge in [-0.2, -0.15) is 5.10 Å². The Labute approximate surface area is 176 Å². The number of aryl methyl sites for hydroxylation is 2. The number of nitrogens with zero attached hydrogens (tertiary/aromatic N) is 6. The molecule has 0 N–H and O–H groups in total. The van der Waals surface area contributed by atoms with E-state index in [4.69, 9.17) is 4.98 Å². The van der Waals surface area contributed by atoms with Crippen LogP contribution in [-0.2, 0) is 18.4 Å². The molecule has 0 atom stereocenters. The summed E-state index contributed by atoms with van der Waals surface area (Å²) in [6, 6.07) is 10.0. The van der Waals surface area contributed by atoms with Crippen LogP contribution in [0.2, 0.25) is 0 Å². The fourth-order valence-corrected chi connectivity index (χ4v) is 4.94. The minimum absolute atomic E-state index is 0.233. The van der Waals surface area contributed by atoms with Crippen molar-refractivity contribution >= 4 is 22.8 Å². The van der Waals surface area contributed by atoms with Crippen LogP contribution in [0.5, 0.6) is 0 Å². The first-order valence-corrected chi connectivity index (χ1v) is 10.8. The zero-order valence-corrected chi connectivity index (χ0v) is 17.7. The molecule has 1 amide bonds. The lowest BCUT2D eigenvalue weighted by molar-refractivity contribution is -0.148. The molecule has 7 nitrogen and oxygen atoms in total. The number of carbonyl (C=O) groups is 1. The highest BCUT2D eigenvalue weighted by Crippen LogP contribution is 2.42. The Morgan fingerprint density at radius 1 is 1.07 bits per heavy atom. The summed E-state index contributed by atoms with van der Waals surface area (Å²) in [6.07, 6.45) is 5.66. The lowest BCUT2D eigenvalue weighted by Gasteiger charge is -2.46. The van der Waals surface area contributed by atoms with Crippen LogP contribution in [0.4, 0.5) is 5.82 Å². The Kier molecular flexibility index (Phi) is 4.68. The maximum atomic E-state index is 13.5. The first-order chi connectivity index (χ1) is 14.5. The molecular weight excluding hydrogens is 376 g/mol. The number of fused-ring (bicyclic) bond motifs is 1. The second kappa shape index (κ2) is 7.38. The quantitative estimate of drug-likeness (QED) is 0.671. The summed E-state index contributed by atoms with van der Waals surface area (Å²) in [7, 11) is 1.95. The van der Waals surface area contributed by atoms with Gasteiger partial charge in [-0.05, 0) is 50.8 Å². The van der Waals surface area contributed by atoms with Crippen LogP contribution >= 0.6 is 0 Å². The third-order valence-corrected chi connectivity index (χ3v) is 6.82. The monoisotopic (exact) mass is 404 g/mol. The number of anilines is 1. The SMILES string of the molecule is Cc1cc(CN2CCCC3(CCN(c4cnc5ccccc5n4)CC3)C2=O)nn1C. The molecule has 2 fully saturated rings. The van der Waals surface area contributed by atoms with Crippen LogP contribution < -0.4 is 4.90 Å². The van der Waals surface area contributed by atoms with Crippen molar-refractivity contribution < 1.29 is 4.79 Å². The number of hydrogen-bond acceptors (Lipinski definition) is 5. The molecule has 2 aliphatic heterocycles. The number of hydrogen-bond donors (Lipinski definition) is 0. The summed E-state index contributed by atoms with van der Waals surface area (Å²) in [4.78, 5) is 27.1. The van der Waals surface area contributed by atoms with Gasteiger partial charge in [0.2, 0.25) is 5.91 Å². The summed E-state index contributed by atoms with van der Waals surface area (Å²) in [5.41, 5.74) is 3.69. The molecule has 0 aliphatic carbocycles. The van der Waals surface area contributed by atoms with Gasteiger partial charge in [0.15, 0.2) is 0 Å². The number of benzene rings is 1. The van der Waals surface area contributed by atoms with Crippen LogP contribution in [0.1, 0.15) is 37.1 Å². The van der Waals surface area contributed by atoms with Crippen molar-refractivity contribution in [1.82, 2.24) is 24.6 Å². The molecule has 30 heavy (non-hydrogen) atoms. The molecule has 2 aliphatic rings. The molecule has 0 saturated carbocycles. The largest absolute Gasteiger partial charge is 0.355 e. The van der Waals surface area contributed by atoms with E-state index >= 15 is 0 Å². The second-order valence-corrected chi connectivity index (χ2v) is 8.72. The zero-order valence-electron chi connectivity index (χ0n) is 17.7. The topological polar surface area (TPSA) is 67.2 Å². The number of carbonyl (C=O) groups excluding carboxylic acids is 1. The minimum atomic E-state index is -0.233. The molecule has 5 rings (SSSR count). The number of likely N-dealkylation sites (tertiary alicyclic amines) is 1. The first kappa shape index (κ1) is 19.0. The first-order valence-electron chi connectivity index (χ1n) is 10.8. The van der Waals surface area contributed by atoms with E-state index in [1.54, 1.807) is 0 Å². The van der Waals surface area contributed by atoms with Crippen molar-refractivity contribution in [2.24, 2.45) is 12.5 Å². The molecule has 0 bridgehead atoms. The van der Waals surface area contributed by atoms with Gasteiger partial charge in [-0.1, -0.05) is 12.1 Å². The Morgan fingerprint density at radius 2 is 1.83 bits per heavy atom.